The first kappa shape index (κ1) is 15.0. The van der Waals surface area contributed by atoms with Crippen molar-refractivity contribution in [1.29, 1.82) is 0 Å². The summed E-state index contributed by atoms with van der Waals surface area (Å²) in [5.41, 5.74) is 1.02. The Morgan fingerprint density at radius 2 is 2.05 bits per heavy atom. The lowest BCUT2D eigenvalue weighted by atomic mass is 10.2. The molecule has 0 heterocycles. The molecule has 0 aliphatic carbocycles. The molecule has 0 saturated carbocycles. The summed E-state index contributed by atoms with van der Waals surface area (Å²) in [6.07, 6.45) is 3.10. The van der Waals surface area contributed by atoms with Crippen LogP contribution in [0.5, 0.6) is 11.5 Å². The molecule has 1 aromatic carbocycles. The Balaban J connectivity index is 2.49. The molecule has 1 aromatic rings. The van der Waals surface area contributed by atoms with Crippen molar-refractivity contribution >= 4 is 5.97 Å². The van der Waals surface area contributed by atoms with E-state index in [1.165, 1.54) is 13.2 Å². The van der Waals surface area contributed by atoms with Crippen molar-refractivity contribution in [2.45, 2.75) is 6.54 Å². The van der Waals surface area contributed by atoms with Crippen LogP contribution in [0.15, 0.2) is 30.4 Å². The van der Waals surface area contributed by atoms with Crippen molar-refractivity contribution in [3.63, 3.8) is 0 Å². The maximum absolute atomic E-state index is 10.8. The third-order valence-corrected chi connectivity index (χ3v) is 2.53. The number of carbonyl (C=O) groups is 1. The molecule has 0 aliphatic heterocycles. The lowest BCUT2D eigenvalue weighted by Gasteiger charge is -2.10. The Hall–Kier alpha value is -2.01. The second kappa shape index (κ2) is 8.16. The Morgan fingerprint density at radius 1 is 1.26 bits per heavy atom. The number of esters is 1. The first-order valence-corrected chi connectivity index (χ1v) is 5.87. The highest BCUT2D eigenvalue weighted by molar-refractivity contribution is 5.81. The molecule has 1 rings (SSSR count). The van der Waals surface area contributed by atoms with Crippen molar-refractivity contribution in [2.75, 3.05) is 27.9 Å². The van der Waals surface area contributed by atoms with Gasteiger partial charge in [-0.05, 0) is 6.07 Å². The number of benzene rings is 1. The van der Waals surface area contributed by atoms with E-state index in [2.05, 4.69) is 10.1 Å². The minimum atomic E-state index is -0.358. The van der Waals surface area contributed by atoms with Gasteiger partial charge in [0, 0.05) is 30.8 Å². The van der Waals surface area contributed by atoms with E-state index in [0.717, 1.165) is 17.1 Å². The summed E-state index contributed by atoms with van der Waals surface area (Å²) in [5.74, 6) is 1.17. The van der Waals surface area contributed by atoms with Crippen LogP contribution in [0.2, 0.25) is 0 Å². The second-order valence-corrected chi connectivity index (χ2v) is 3.73. The van der Waals surface area contributed by atoms with Gasteiger partial charge in [0.05, 0.1) is 21.3 Å². The van der Waals surface area contributed by atoms with Gasteiger partial charge in [0.15, 0.2) is 0 Å². The predicted octanol–water partition coefficient (Wildman–Crippen LogP) is 1.52. The van der Waals surface area contributed by atoms with E-state index in [1.54, 1.807) is 20.3 Å². The zero-order valence-corrected chi connectivity index (χ0v) is 11.4. The number of carbonyl (C=O) groups excluding carboxylic acids is 1. The normalized spacial score (nSPS) is 10.5. The molecule has 0 atom stereocenters. The lowest BCUT2D eigenvalue weighted by Crippen LogP contribution is -2.14. The fraction of sp³-hybridized carbons (Fsp3) is 0.357. The predicted molar refractivity (Wildman–Crippen MR) is 72.4 cm³/mol. The standard InChI is InChI=1S/C14H19NO4/c1-17-12-7-6-11(13(9-12)18-2)10-15-8-4-5-14(16)19-3/h4-7,9,15H,8,10H2,1-3H3/b5-4+. The number of ether oxygens (including phenoxy) is 3. The number of nitrogens with one attached hydrogen (secondary N) is 1. The quantitative estimate of drug-likeness (QED) is 0.460. The van der Waals surface area contributed by atoms with Gasteiger partial charge in [-0.1, -0.05) is 12.1 Å². The zero-order chi connectivity index (χ0) is 14.1. The van der Waals surface area contributed by atoms with Gasteiger partial charge in [0.1, 0.15) is 11.5 Å². The molecule has 1 N–H and O–H groups in total. The van der Waals surface area contributed by atoms with Gasteiger partial charge in [-0.3, -0.25) is 0 Å². The Labute approximate surface area is 113 Å². The minimum absolute atomic E-state index is 0.358. The fourth-order valence-corrected chi connectivity index (χ4v) is 1.51. The summed E-state index contributed by atoms with van der Waals surface area (Å²) in [6, 6.07) is 5.65. The molecule has 19 heavy (non-hydrogen) atoms. The van der Waals surface area contributed by atoms with Crippen LogP contribution in [0.3, 0.4) is 0 Å². The van der Waals surface area contributed by atoms with Gasteiger partial charge in [-0.15, -0.1) is 0 Å². The van der Waals surface area contributed by atoms with Crippen molar-refractivity contribution < 1.29 is 19.0 Å². The van der Waals surface area contributed by atoms with Crippen molar-refractivity contribution in [3.05, 3.63) is 35.9 Å². The Bertz CT molecular complexity index is 443. The average molecular weight is 265 g/mol. The van der Waals surface area contributed by atoms with Crippen molar-refractivity contribution in [1.82, 2.24) is 5.32 Å². The summed E-state index contributed by atoms with van der Waals surface area (Å²) in [4.78, 5) is 10.8. The second-order valence-electron chi connectivity index (χ2n) is 3.73. The monoisotopic (exact) mass is 265 g/mol. The molecule has 0 radical (unpaired) electrons. The van der Waals surface area contributed by atoms with E-state index in [0.29, 0.717) is 13.1 Å². The fourth-order valence-electron chi connectivity index (χ4n) is 1.51. The summed E-state index contributed by atoms with van der Waals surface area (Å²) >= 11 is 0. The number of hydrogen-bond donors (Lipinski definition) is 1. The van der Waals surface area contributed by atoms with Gasteiger partial charge in [-0.25, -0.2) is 4.79 Å². The average Bonchev–Trinajstić information content (AvgIpc) is 2.46. The van der Waals surface area contributed by atoms with E-state index in [-0.39, 0.29) is 5.97 Å². The van der Waals surface area contributed by atoms with Crippen LogP contribution in [0.4, 0.5) is 0 Å². The Morgan fingerprint density at radius 3 is 2.68 bits per heavy atom. The smallest absolute Gasteiger partial charge is 0.330 e. The maximum Gasteiger partial charge on any atom is 0.330 e. The van der Waals surface area contributed by atoms with Gasteiger partial charge in [0.2, 0.25) is 0 Å². The third-order valence-electron chi connectivity index (χ3n) is 2.53. The highest BCUT2D eigenvalue weighted by Crippen LogP contribution is 2.24. The number of rotatable bonds is 7. The summed E-state index contributed by atoms with van der Waals surface area (Å²) in [5, 5.41) is 3.18. The molecule has 104 valence electrons. The topological polar surface area (TPSA) is 56.8 Å². The molecule has 0 aliphatic rings. The van der Waals surface area contributed by atoms with E-state index in [9.17, 15) is 4.79 Å². The van der Waals surface area contributed by atoms with E-state index in [1.807, 2.05) is 18.2 Å². The van der Waals surface area contributed by atoms with Crippen molar-refractivity contribution in [2.24, 2.45) is 0 Å². The molecule has 0 saturated heterocycles. The van der Waals surface area contributed by atoms with Crippen LogP contribution in [0.1, 0.15) is 5.56 Å². The highest BCUT2D eigenvalue weighted by atomic mass is 16.5. The summed E-state index contributed by atoms with van der Waals surface area (Å²) in [7, 11) is 4.59. The molecule has 0 bridgehead atoms. The molecule has 0 amide bonds. The van der Waals surface area contributed by atoms with Crippen LogP contribution in [-0.2, 0) is 16.1 Å². The molecule has 0 spiro atoms. The maximum atomic E-state index is 10.8. The van der Waals surface area contributed by atoms with Crippen LogP contribution in [-0.4, -0.2) is 33.8 Å². The van der Waals surface area contributed by atoms with Gasteiger partial charge < -0.3 is 19.5 Å². The van der Waals surface area contributed by atoms with Crippen LogP contribution >= 0.6 is 0 Å². The van der Waals surface area contributed by atoms with Crippen LogP contribution in [0, 0.1) is 0 Å². The molecular formula is C14H19NO4. The SMILES string of the molecule is COC(=O)/C=C/CNCc1ccc(OC)cc1OC. The minimum Gasteiger partial charge on any atom is -0.497 e. The molecule has 0 aromatic heterocycles. The molecule has 0 fully saturated rings. The largest absolute Gasteiger partial charge is 0.497 e. The van der Waals surface area contributed by atoms with E-state index >= 15 is 0 Å². The van der Waals surface area contributed by atoms with Crippen LogP contribution < -0.4 is 14.8 Å². The first-order valence-electron chi connectivity index (χ1n) is 5.87. The van der Waals surface area contributed by atoms with Gasteiger partial charge >= 0.3 is 5.97 Å². The highest BCUT2D eigenvalue weighted by Gasteiger charge is 2.03. The third kappa shape index (κ3) is 5.01. The number of hydrogen-bond acceptors (Lipinski definition) is 5. The molecular weight excluding hydrogens is 246 g/mol. The van der Waals surface area contributed by atoms with Crippen LogP contribution in [0.25, 0.3) is 0 Å². The molecule has 0 unspecified atom stereocenters. The van der Waals surface area contributed by atoms with Crippen molar-refractivity contribution in [3.8, 4) is 11.5 Å². The number of methoxy groups -OCH3 is 3. The van der Waals surface area contributed by atoms with Gasteiger partial charge in [0.25, 0.3) is 0 Å². The van der Waals surface area contributed by atoms with E-state index in [4.69, 9.17) is 9.47 Å². The Kier molecular flexibility index (Phi) is 6.46. The summed E-state index contributed by atoms with van der Waals surface area (Å²) in [6.45, 7) is 1.21. The lowest BCUT2D eigenvalue weighted by molar-refractivity contribution is -0.134. The van der Waals surface area contributed by atoms with E-state index < -0.39 is 0 Å². The first-order chi connectivity index (χ1) is 9.21. The molecule has 5 nitrogen and oxygen atoms in total. The zero-order valence-electron chi connectivity index (χ0n) is 11.4. The summed E-state index contributed by atoms with van der Waals surface area (Å²) < 4.78 is 14.9. The van der Waals surface area contributed by atoms with Gasteiger partial charge in [-0.2, -0.15) is 0 Å². The molecule has 5 heteroatoms.